The number of carbonyl (C=O) groups excluding carboxylic acids is 1. The number of anilines is 1. The van der Waals surface area contributed by atoms with Gasteiger partial charge in [0.2, 0.25) is 0 Å². The number of ether oxygens (including phenoxy) is 2. The summed E-state index contributed by atoms with van der Waals surface area (Å²) in [5, 5.41) is 3.06. The minimum absolute atomic E-state index is 0.0296. The lowest BCUT2D eigenvalue weighted by Gasteiger charge is -2.19. The third-order valence-electron chi connectivity index (χ3n) is 2.58. The lowest BCUT2D eigenvalue weighted by atomic mass is 10.2. The smallest absolute Gasteiger partial charge is 0.412 e. The Labute approximate surface area is 121 Å². The van der Waals surface area contributed by atoms with Gasteiger partial charge in [-0.1, -0.05) is 0 Å². The number of hydrogen-bond donors (Lipinski definition) is 1. The van der Waals surface area contributed by atoms with Gasteiger partial charge in [0, 0.05) is 11.5 Å². The zero-order chi connectivity index (χ0) is 15.6. The molecule has 0 saturated heterocycles. The molecule has 0 saturated carbocycles. The third-order valence-corrected chi connectivity index (χ3v) is 2.58. The maximum absolute atomic E-state index is 11.9. The second-order valence-electron chi connectivity index (χ2n) is 5.48. The molecule has 0 atom stereocenters. The molecule has 0 unspecified atom stereocenters. The SMILES string of the molecule is COc1ccc2cc(NC(=O)OC(C)(C)C)c(=O)oc2c1. The molecule has 0 bridgehead atoms. The molecule has 2 rings (SSSR count). The quantitative estimate of drug-likeness (QED) is 0.860. The molecule has 1 aromatic carbocycles. The van der Waals surface area contributed by atoms with Gasteiger partial charge < -0.3 is 13.9 Å². The number of benzene rings is 1. The highest BCUT2D eigenvalue weighted by atomic mass is 16.6. The minimum Gasteiger partial charge on any atom is -0.497 e. The number of nitrogens with one attached hydrogen (secondary N) is 1. The first-order valence-corrected chi connectivity index (χ1v) is 6.40. The molecule has 112 valence electrons. The molecule has 0 aliphatic heterocycles. The number of rotatable bonds is 2. The molecule has 1 aromatic heterocycles. The van der Waals surface area contributed by atoms with Gasteiger partial charge in [-0.2, -0.15) is 0 Å². The number of amides is 1. The summed E-state index contributed by atoms with van der Waals surface area (Å²) in [5.41, 5.74) is -0.883. The van der Waals surface area contributed by atoms with Gasteiger partial charge in [-0.05, 0) is 39.0 Å². The minimum atomic E-state index is -0.706. The van der Waals surface area contributed by atoms with Crippen LogP contribution in [0.5, 0.6) is 5.75 Å². The summed E-state index contributed by atoms with van der Waals surface area (Å²) < 4.78 is 15.3. The Morgan fingerprint density at radius 2 is 1.95 bits per heavy atom. The molecular formula is C15H17NO5. The average molecular weight is 291 g/mol. The summed E-state index contributed by atoms with van der Waals surface area (Å²) in [5.74, 6) is 0.582. The van der Waals surface area contributed by atoms with Crippen molar-refractivity contribution in [3.63, 3.8) is 0 Å². The van der Waals surface area contributed by atoms with Crippen molar-refractivity contribution in [1.82, 2.24) is 0 Å². The lowest BCUT2D eigenvalue weighted by Crippen LogP contribution is -2.28. The van der Waals surface area contributed by atoms with Gasteiger partial charge in [0.05, 0.1) is 7.11 Å². The van der Waals surface area contributed by atoms with Crippen molar-refractivity contribution in [3.05, 3.63) is 34.7 Å². The third kappa shape index (κ3) is 3.75. The van der Waals surface area contributed by atoms with Crippen molar-refractivity contribution < 1.29 is 18.7 Å². The summed E-state index contributed by atoms with van der Waals surface area (Å²) in [4.78, 5) is 23.5. The Morgan fingerprint density at radius 3 is 2.57 bits per heavy atom. The monoisotopic (exact) mass is 291 g/mol. The van der Waals surface area contributed by atoms with E-state index in [1.807, 2.05) is 0 Å². The first kappa shape index (κ1) is 14.9. The van der Waals surface area contributed by atoms with Crippen LogP contribution in [0, 0.1) is 0 Å². The molecule has 6 heteroatoms. The first-order valence-electron chi connectivity index (χ1n) is 6.40. The summed E-state index contributed by atoms with van der Waals surface area (Å²) in [7, 11) is 1.53. The Morgan fingerprint density at radius 1 is 1.24 bits per heavy atom. The van der Waals surface area contributed by atoms with Crippen molar-refractivity contribution in [2.45, 2.75) is 26.4 Å². The fraction of sp³-hybridized carbons (Fsp3) is 0.333. The van der Waals surface area contributed by atoms with Crippen LogP contribution in [-0.2, 0) is 4.74 Å². The highest BCUT2D eigenvalue weighted by Gasteiger charge is 2.17. The summed E-state index contributed by atoms with van der Waals surface area (Å²) >= 11 is 0. The van der Waals surface area contributed by atoms with Crippen molar-refractivity contribution >= 4 is 22.7 Å². The van der Waals surface area contributed by atoms with Crippen LogP contribution in [0.3, 0.4) is 0 Å². The van der Waals surface area contributed by atoms with Crippen molar-refractivity contribution in [2.24, 2.45) is 0 Å². The molecule has 1 heterocycles. The Balaban J connectivity index is 2.31. The molecule has 2 aromatic rings. The van der Waals surface area contributed by atoms with Crippen molar-refractivity contribution in [3.8, 4) is 5.75 Å². The van der Waals surface area contributed by atoms with Crippen LogP contribution in [-0.4, -0.2) is 18.8 Å². The van der Waals surface area contributed by atoms with E-state index in [0.717, 1.165) is 0 Å². The lowest BCUT2D eigenvalue weighted by molar-refractivity contribution is 0.0635. The molecule has 0 radical (unpaired) electrons. The van der Waals surface area contributed by atoms with Crippen LogP contribution in [0.4, 0.5) is 10.5 Å². The number of carbonyl (C=O) groups is 1. The first-order chi connectivity index (χ1) is 9.78. The van der Waals surface area contributed by atoms with E-state index in [-0.39, 0.29) is 5.69 Å². The fourth-order valence-electron chi connectivity index (χ4n) is 1.72. The summed E-state index contributed by atoms with van der Waals surface area (Å²) in [6.45, 7) is 5.21. The van der Waals surface area contributed by atoms with E-state index in [4.69, 9.17) is 13.9 Å². The standard InChI is InChI=1S/C15H17NO5/c1-15(2,3)21-14(18)16-11-7-9-5-6-10(19-4)8-12(9)20-13(11)17/h5-8H,1-4H3,(H,16,18). The molecule has 1 N–H and O–H groups in total. The largest absolute Gasteiger partial charge is 0.497 e. The Kier molecular flexibility index (Phi) is 3.88. The molecular weight excluding hydrogens is 274 g/mol. The van der Waals surface area contributed by atoms with Gasteiger partial charge in [-0.25, -0.2) is 9.59 Å². The number of fused-ring (bicyclic) bond motifs is 1. The van der Waals surface area contributed by atoms with Gasteiger partial charge in [0.1, 0.15) is 22.6 Å². The van der Waals surface area contributed by atoms with Crippen LogP contribution in [0.2, 0.25) is 0 Å². The predicted molar refractivity (Wildman–Crippen MR) is 78.9 cm³/mol. The van der Waals surface area contributed by atoms with Crippen LogP contribution in [0.25, 0.3) is 11.0 Å². The second-order valence-corrected chi connectivity index (χ2v) is 5.48. The van der Waals surface area contributed by atoms with E-state index in [1.165, 1.54) is 13.2 Å². The van der Waals surface area contributed by atoms with E-state index in [2.05, 4.69) is 5.32 Å². The summed E-state index contributed by atoms with van der Waals surface area (Å²) in [6, 6.07) is 6.61. The Bertz CT molecular complexity index is 727. The topological polar surface area (TPSA) is 77.8 Å². The molecule has 0 fully saturated rings. The van der Waals surface area contributed by atoms with Gasteiger partial charge in [0.15, 0.2) is 0 Å². The summed E-state index contributed by atoms with van der Waals surface area (Å²) in [6.07, 6.45) is -0.706. The zero-order valence-corrected chi connectivity index (χ0v) is 12.4. The molecule has 0 aliphatic carbocycles. The molecule has 21 heavy (non-hydrogen) atoms. The highest BCUT2D eigenvalue weighted by molar-refractivity contribution is 5.88. The normalized spacial score (nSPS) is 11.2. The van der Waals surface area contributed by atoms with Crippen LogP contribution >= 0.6 is 0 Å². The van der Waals surface area contributed by atoms with Crippen LogP contribution < -0.4 is 15.7 Å². The zero-order valence-electron chi connectivity index (χ0n) is 12.4. The molecule has 1 amide bonds. The van der Waals surface area contributed by atoms with Crippen LogP contribution in [0.1, 0.15) is 20.8 Å². The average Bonchev–Trinajstić information content (AvgIpc) is 2.37. The van der Waals surface area contributed by atoms with Gasteiger partial charge in [-0.3, -0.25) is 5.32 Å². The fourth-order valence-corrected chi connectivity index (χ4v) is 1.72. The Hall–Kier alpha value is -2.50. The second kappa shape index (κ2) is 5.47. The van der Waals surface area contributed by atoms with Gasteiger partial charge in [0.25, 0.3) is 0 Å². The number of methoxy groups -OCH3 is 1. The molecule has 6 nitrogen and oxygen atoms in total. The van der Waals surface area contributed by atoms with E-state index in [1.54, 1.807) is 39.0 Å². The van der Waals surface area contributed by atoms with Gasteiger partial charge in [-0.15, -0.1) is 0 Å². The van der Waals surface area contributed by atoms with E-state index in [0.29, 0.717) is 16.7 Å². The highest BCUT2D eigenvalue weighted by Crippen LogP contribution is 2.21. The van der Waals surface area contributed by atoms with E-state index >= 15 is 0 Å². The van der Waals surface area contributed by atoms with E-state index in [9.17, 15) is 9.59 Å². The maximum Gasteiger partial charge on any atom is 0.412 e. The molecule has 0 aliphatic rings. The van der Waals surface area contributed by atoms with Gasteiger partial charge >= 0.3 is 11.7 Å². The number of hydrogen-bond acceptors (Lipinski definition) is 5. The maximum atomic E-state index is 11.9. The van der Waals surface area contributed by atoms with E-state index < -0.39 is 17.3 Å². The predicted octanol–water partition coefficient (Wildman–Crippen LogP) is 3.15. The van der Waals surface area contributed by atoms with Crippen molar-refractivity contribution in [2.75, 3.05) is 12.4 Å². The van der Waals surface area contributed by atoms with Crippen molar-refractivity contribution in [1.29, 1.82) is 0 Å². The molecule has 0 spiro atoms. The van der Waals surface area contributed by atoms with Crippen LogP contribution in [0.15, 0.2) is 33.5 Å².